The number of aromatic nitrogens is 3. The quantitative estimate of drug-likeness (QED) is 0.619. The van der Waals surface area contributed by atoms with Gasteiger partial charge in [-0.25, -0.2) is 4.98 Å². The van der Waals surface area contributed by atoms with E-state index in [1.54, 1.807) is 24.3 Å². The Morgan fingerprint density at radius 3 is 2.74 bits per heavy atom. The molecular weight excluding hydrogens is 258 g/mol. The van der Waals surface area contributed by atoms with E-state index in [-0.39, 0.29) is 5.28 Å². The minimum atomic E-state index is 0.120. The average Bonchev–Trinajstić information content (AvgIpc) is 2.45. The van der Waals surface area contributed by atoms with Crippen molar-refractivity contribution in [1.29, 1.82) is 0 Å². The Labute approximate surface area is 116 Å². The van der Waals surface area contributed by atoms with E-state index in [2.05, 4.69) is 39.6 Å². The molecule has 0 aromatic carbocycles. The van der Waals surface area contributed by atoms with Gasteiger partial charge in [-0.2, -0.15) is 9.97 Å². The van der Waals surface area contributed by atoms with Crippen molar-refractivity contribution < 1.29 is 0 Å². The van der Waals surface area contributed by atoms with Gasteiger partial charge in [0.2, 0.25) is 5.28 Å². The Hall–Kier alpha value is -2.44. The fraction of sp³-hybridized carbons (Fsp3) is 0. The summed E-state index contributed by atoms with van der Waals surface area (Å²) in [6, 6.07) is 0. The van der Waals surface area contributed by atoms with E-state index < -0.39 is 0 Å². The third-order valence-corrected chi connectivity index (χ3v) is 2.44. The fourth-order valence-electron chi connectivity index (χ4n) is 1.44. The maximum atomic E-state index is 5.93. The minimum Gasteiger partial charge on any atom is -0.207 e. The summed E-state index contributed by atoms with van der Waals surface area (Å²) < 4.78 is 0. The van der Waals surface area contributed by atoms with Gasteiger partial charge in [-0.15, -0.1) is 0 Å². The summed E-state index contributed by atoms with van der Waals surface area (Å²) in [7, 11) is 0. The smallest absolute Gasteiger partial charge is 0.207 e. The molecule has 1 heterocycles. The standard InChI is InChI=1S/C15H10ClN3/c1-3-8-11(4-2)13-17-14(19-15(16)18-13)12-9-6-5-7-10-12/h3-6,8-9H,1-2H2/b11-8+. The second-order valence-corrected chi connectivity index (χ2v) is 3.86. The SMILES string of the molecule is C=C/C=C(\C=C)c1nc(Cl)nc(C2=C=C=CC=C2)n1. The van der Waals surface area contributed by atoms with Gasteiger partial charge < -0.3 is 0 Å². The van der Waals surface area contributed by atoms with Crippen molar-refractivity contribution in [2.45, 2.75) is 0 Å². The molecule has 0 saturated heterocycles. The van der Waals surface area contributed by atoms with Crippen LogP contribution in [0, 0.1) is 0 Å². The highest BCUT2D eigenvalue weighted by molar-refractivity contribution is 6.28. The lowest BCUT2D eigenvalue weighted by molar-refractivity contribution is 0.995. The summed E-state index contributed by atoms with van der Waals surface area (Å²) in [4.78, 5) is 12.5. The van der Waals surface area contributed by atoms with Crippen molar-refractivity contribution in [3.63, 3.8) is 0 Å². The third kappa shape index (κ3) is 3.06. The number of halogens is 1. The Balaban J connectivity index is 2.58. The molecule has 0 aliphatic heterocycles. The lowest BCUT2D eigenvalue weighted by Crippen LogP contribution is -2.01. The van der Waals surface area contributed by atoms with Gasteiger partial charge in [0.15, 0.2) is 11.6 Å². The van der Waals surface area contributed by atoms with Gasteiger partial charge in [0.25, 0.3) is 0 Å². The number of nitrogens with zero attached hydrogens (tertiary/aromatic N) is 3. The van der Waals surface area contributed by atoms with Gasteiger partial charge in [-0.3, -0.25) is 0 Å². The first kappa shape index (κ1) is 13.0. The maximum Gasteiger partial charge on any atom is 0.226 e. The normalized spacial score (nSPS) is 13.3. The summed E-state index contributed by atoms with van der Waals surface area (Å²) in [6.07, 6.45) is 10.4. The molecule has 0 amide bonds. The molecule has 3 nitrogen and oxygen atoms in total. The van der Waals surface area contributed by atoms with Gasteiger partial charge in [-0.1, -0.05) is 48.9 Å². The zero-order valence-corrected chi connectivity index (χ0v) is 10.9. The Morgan fingerprint density at radius 1 is 1.26 bits per heavy atom. The maximum absolute atomic E-state index is 5.93. The van der Waals surface area contributed by atoms with Crippen molar-refractivity contribution in [2.75, 3.05) is 0 Å². The van der Waals surface area contributed by atoms with Crippen LogP contribution in [0.5, 0.6) is 0 Å². The van der Waals surface area contributed by atoms with Gasteiger partial charge in [0, 0.05) is 5.57 Å². The first-order valence-electron chi connectivity index (χ1n) is 5.50. The monoisotopic (exact) mass is 267 g/mol. The largest absolute Gasteiger partial charge is 0.226 e. The molecule has 1 aliphatic carbocycles. The Bertz CT molecular complexity index is 698. The molecule has 19 heavy (non-hydrogen) atoms. The van der Waals surface area contributed by atoms with Crippen molar-refractivity contribution in [2.24, 2.45) is 0 Å². The molecule has 1 aromatic rings. The molecule has 2 rings (SSSR count). The highest BCUT2D eigenvalue weighted by Gasteiger charge is 2.10. The molecule has 0 spiro atoms. The average molecular weight is 268 g/mol. The van der Waals surface area contributed by atoms with Gasteiger partial charge in [0.1, 0.15) is 0 Å². The van der Waals surface area contributed by atoms with Crippen LogP contribution in [0.15, 0.2) is 61.1 Å². The van der Waals surface area contributed by atoms with E-state index in [0.717, 1.165) is 5.57 Å². The second kappa shape index (κ2) is 5.94. The van der Waals surface area contributed by atoms with Crippen LogP contribution in [0.4, 0.5) is 0 Å². The van der Waals surface area contributed by atoms with Crippen LogP contribution in [0.3, 0.4) is 0 Å². The second-order valence-electron chi connectivity index (χ2n) is 3.52. The zero-order chi connectivity index (χ0) is 13.7. The molecule has 0 atom stereocenters. The minimum absolute atomic E-state index is 0.120. The molecule has 0 fully saturated rings. The lowest BCUT2D eigenvalue weighted by Gasteiger charge is -2.04. The number of hydrogen-bond acceptors (Lipinski definition) is 3. The van der Waals surface area contributed by atoms with Crippen LogP contribution in [-0.4, -0.2) is 15.0 Å². The van der Waals surface area contributed by atoms with Crippen LogP contribution in [0.25, 0.3) is 11.1 Å². The molecule has 0 N–H and O–H groups in total. The number of hydrogen-bond donors (Lipinski definition) is 0. The Morgan fingerprint density at radius 2 is 2.11 bits per heavy atom. The topological polar surface area (TPSA) is 38.7 Å². The van der Waals surface area contributed by atoms with Crippen LogP contribution < -0.4 is 0 Å². The van der Waals surface area contributed by atoms with E-state index >= 15 is 0 Å². The molecule has 92 valence electrons. The predicted molar refractivity (Wildman–Crippen MR) is 77.4 cm³/mol. The molecule has 0 bridgehead atoms. The van der Waals surface area contributed by atoms with Crippen molar-refractivity contribution in [3.05, 3.63) is 78.0 Å². The van der Waals surface area contributed by atoms with Crippen LogP contribution >= 0.6 is 11.6 Å². The van der Waals surface area contributed by atoms with Crippen LogP contribution in [-0.2, 0) is 0 Å². The molecule has 1 aliphatic rings. The number of allylic oxidation sites excluding steroid dienone is 8. The first-order valence-corrected chi connectivity index (χ1v) is 5.88. The van der Waals surface area contributed by atoms with E-state index in [0.29, 0.717) is 17.2 Å². The summed E-state index contributed by atoms with van der Waals surface area (Å²) >= 11 is 5.93. The lowest BCUT2D eigenvalue weighted by atomic mass is 10.2. The van der Waals surface area contributed by atoms with Crippen molar-refractivity contribution in [3.8, 4) is 0 Å². The molecule has 1 aromatic heterocycles. The van der Waals surface area contributed by atoms with Crippen molar-refractivity contribution in [1.82, 2.24) is 15.0 Å². The van der Waals surface area contributed by atoms with Gasteiger partial charge in [0.05, 0.1) is 5.57 Å². The highest BCUT2D eigenvalue weighted by Crippen LogP contribution is 2.18. The predicted octanol–water partition coefficient (Wildman–Crippen LogP) is 3.54. The number of rotatable bonds is 4. The van der Waals surface area contributed by atoms with E-state index in [1.165, 1.54) is 0 Å². The first-order chi connectivity index (χ1) is 9.24. The molecule has 0 radical (unpaired) electrons. The van der Waals surface area contributed by atoms with Crippen LogP contribution in [0.2, 0.25) is 5.28 Å². The summed E-state index contributed by atoms with van der Waals surface area (Å²) in [5.74, 6) is 0.894. The summed E-state index contributed by atoms with van der Waals surface area (Å²) in [5, 5.41) is 0.120. The molecular formula is C15H10ClN3. The summed E-state index contributed by atoms with van der Waals surface area (Å²) in [5.41, 5.74) is 7.20. The van der Waals surface area contributed by atoms with Gasteiger partial charge >= 0.3 is 0 Å². The van der Waals surface area contributed by atoms with E-state index in [9.17, 15) is 0 Å². The van der Waals surface area contributed by atoms with Crippen LogP contribution in [0.1, 0.15) is 11.6 Å². The third-order valence-electron chi connectivity index (χ3n) is 2.27. The Kier molecular flexibility index (Phi) is 4.07. The zero-order valence-electron chi connectivity index (χ0n) is 10.1. The summed E-state index contributed by atoms with van der Waals surface area (Å²) in [6.45, 7) is 7.35. The molecule has 0 unspecified atom stereocenters. The van der Waals surface area contributed by atoms with E-state index in [1.807, 2.05) is 12.2 Å². The molecule has 0 saturated carbocycles. The van der Waals surface area contributed by atoms with Crippen molar-refractivity contribution >= 4 is 22.7 Å². The molecule has 4 heteroatoms. The van der Waals surface area contributed by atoms with E-state index in [4.69, 9.17) is 11.6 Å². The fourth-order valence-corrected chi connectivity index (χ4v) is 1.60. The highest BCUT2D eigenvalue weighted by atomic mass is 35.5. The van der Waals surface area contributed by atoms with Gasteiger partial charge in [-0.05, 0) is 23.8 Å².